The minimum atomic E-state index is 0.622. The van der Waals surface area contributed by atoms with Crippen molar-refractivity contribution in [2.45, 2.75) is 6.92 Å². The van der Waals surface area contributed by atoms with Crippen molar-refractivity contribution in [1.29, 1.82) is 0 Å². The van der Waals surface area contributed by atoms with E-state index in [9.17, 15) is 0 Å². The number of hydrogen-bond acceptors (Lipinski definition) is 4. The van der Waals surface area contributed by atoms with E-state index in [1.807, 2.05) is 32.2 Å². The van der Waals surface area contributed by atoms with Gasteiger partial charge < -0.3 is 5.32 Å². The molecule has 0 unspecified atom stereocenters. The van der Waals surface area contributed by atoms with Crippen LogP contribution >= 0.6 is 15.9 Å². The maximum Gasteiger partial charge on any atom is 0.180 e. The molecule has 0 aliphatic carbocycles. The van der Waals surface area contributed by atoms with Crippen LogP contribution in [-0.2, 0) is 0 Å². The van der Waals surface area contributed by atoms with Crippen LogP contribution in [0, 0.1) is 6.92 Å². The van der Waals surface area contributed by atoms with Gasteiger partial charge in [-0.15, -0.1) is 0 Å². The molecule has 4 nitrogen and oxygen atoms in total. The fraction of sp³-hybridized carbons (Fsp3) is 0.182. The predicted molar refractivity (Wildman–Crippen MR) is 67.2 cm³/mol. The smallest absolute Gasteiger partial charge is 0.180 e. The Labute approximate surface area is 102 Å². The maximum atomic E-state index is 4.38. The van der Waals surface area contributed by atoms with E-state index in [0.717, 1.165) is 21.7 Å². The summed E-state index contributed by atoms with van der Waals surface area (Å²) < 4.78 is 0.839. The predicted octanol–water partition coefficient (Wildman–Crippen LogP) is 2.65. The van der Waals surface area contributed by atoms with E-state index in [-0.39, 0.29) is 0 Å². The quantitative estimate of drug-likeness (QED) is 0.918. The third-order valence-electron chi connectivity index (χ3n) is 2.10. The van der Waals surface area contributed by atoms with Crippen LogP contribution in [0.4, 0.5) is 5.82 Å². The average molecular weight is 279 g/mol. The standard InChI is InChI=1S/C11H11BrN4/c1-7-4-3-5-9(15-7)11-14-6-8(12)10(13-2)16-11/h3-6H,1-2H3,(H,13,14,16). The van der Waals surface area contributed by atoms with Crippen LogP contribution in [0.3, 0.4) is 0 Å². The summed E-state index contributed by atoms with van der Waals surface area (Å²) in [6.07, 6.45) is 1.72. The molecule has 0 saturated carbocycles. The summed E-state index contributed by atoms with van der Waals surface area (Å²) in [5.74, 6) is 1.38. The van der Waals surface area contributed by atoms with Crippen molar-refractivity contribution < 1.29 is 0 Å². The Hall–Kier alpha value is -1.49. The number of halogens is 1. The van der Waals surface area contributed by atoms with Crippen molar-refractivity contribution in [3.05, 3.63) is 34.6 Å². The van der Waals surface area contributed by atoms with Gasteiger partial charge in [0.15, 0.2) is 5.82 Å². The summed E-state index contributed by atoms with van der Waals surface area (Å²) in [6.45, 7) is 1.95. The van der Waals surface area contributed by atoms with Gasteiger partial charge in [-0.2, -0.15) is 0 Å². The third kappa shape index (κ3) is 2.19. The van der Waals surface area contributed by atoms with E-state index < -0.39 is 0 Å². The van der Waals surface area contributed by atoms with Crippen LogP contribution in [0.1, 0.15) is 5.69 Å². The third-order valence-corrected chi connectivity index (χ3v) is 2.68. The highest BCUT2D eigenvalue weighted by Gasteiger charge is 2.06. The van der Waals surface area contributed by atoms with E-state index in [2.05, 4.69) is 36.2 Å². The molecular weight excluding hydrogens is 268 g/mol. The molecule has 0 fully saturated rings. The molecule has 0 bridgehead atoms. The second kappa shape index (κ2) is 4.57. The van der Waals surface area contributed by atoms with Crippen LogP contribution in [0.5, 0.6) is 0 Å². The van der Waals surface area contributed by atoms with Gasteiger partial charge in [-0.3, -0.25) is 0 Å². The molecule has 16 heavy (non-hydrogen) atoms. The van der Waals surface area contributed by atoms with Gasteiger partial charge in [-0.25, -0.2) is 15.0 Å². The molecule has 0 amide bonds. The molecule has 0 saturated heterocycles. The summed E-state index contributed by atoms with van der Waals surface area (Å²) >= 11 is 3.37. The van der Waals surface area contributed by atoms with Crippen LogP contribution in [-0.4, -0.2) is 22.0 Å². The topological polar surface area (TPSA) is 50.7 Å². The molecule has 2 heterocycles. The number of nitrogens with zero attached hydrogens (tertiary/aromatic N) is 3. The zero-order valence-corrected chi connectivity index (χ0v) is 10.6. The lowest BCUT2D eigenvalue weighted by Gasteiger charge is -2.05. The highest BCUT2D eigenvalue weighted by Crippen LogP contribution is 2.21. The first-order valence-electron chi connectivity index (χ1n) is 4.85. The van der Waals surface area contributed by atoms with E-state index in [0.29, 0.717) is 5.82 Å². The van der Waals surface area contributed by atoms with E-state index >= 15 is 0 Å². The molecule has 0 atom stereocenters. The fourth-order valence-electron chi connectivity index (χ4n) is 1.33. The van der Waals surface area contributed by atoms with Crippen molar-refractivity contribution in [2.75, 3.05) is 12.4 Å². The van der Waals surface area contributed by atoms with E-state index in [1.165, 1.54) is 0 Å². The van der Waals surface area contributed by atoms with Crippen molar-refractivity contribution in [2.24, 2.45) is 0 Å². The molecule has 2 aromatic heterocycles. The summed E-state index contributed by atoms with van der Waals surface area (Å²) in [4.78, 5) is 13.0. The Balaban J connectivity index is 2.48. The molecule has 0 spiro atoms. The number of pyridine rings is 1. The number of aromatic nitrogens is 3. The first-order valence-corrected chi connectivity index (χ1v) is 5.64. The number of rotatable bonds is 2. The number of anilines is 1. The summed E-state index contributed by atoms with van der Waals surface area (Å²) in [6, 6.07) is 5.79. The minimum Gasteiger partial charge on any atom is -0.372 e. The highest BCUT2D eigenvalue weighted by atomic mass is 79.9. The molecule has 82 valence electrons. The summed E-state index contributed by atoms with van der Waals surface area (Å²) in [5.41, 5.74) is 1.74. The first kappa shape index (κ1) is 11.0. The van der Waals surface area contributed by atoms with Gasteiger partial charge in [-0.05, 0) is 35.0 Å². The maximum absolute atomic E-state index is 4.38. The highest BCUT2D eigenvalue weighted by molar-refractivity contribution is 9.10. The molecule has 2 rings (SSSR count). The molecule has 1 N–H and O–H groups in total. The van der Waals surface area contributed by atoms with Crippen molar-refractivity contribution in [3.63, 3.8) is 0 Å². The van der Waals surface area contributed by atoms with E-state index in [1.54, 1.807) is 6.20 Å². The number of nitrogens with one attached hydrogen (secondary N) is 1. The van der Waals surface area contributed by atoms with Gasteiger partial charge in [0.25, 0.3) is 0 Å². The molecule has 0 aliphatic rings. The van der Waals surface area contributed by atoms with Crippen LogP contribution in [0.25, 0.3) is 11.5 Å². The largest absolute Gasteiger partial charge is 0.372 e. The molecule has 0 radical (unpaired) electrons. The lowest BCUT2D eigenvalue weighted by molar-refractivity contribution is 1.10. The SMILES string of the molecule is CNc1nc(-c2cccc(C)n2)ncc1Br. The minimum absolute atomic E-state index is 0.622. The summed E-state index contributed by atoms with van der Waals surface area (Å²) in [5, 5.41) is 2.99. The Morgan fingerprint density at radius 2 is 2.06 bits per heavy atom. The second-order valence-electron chi connectivity index (χ2n) is 3.30. The van der Waals surface area contributed by atoms with Crippen molar-refractivity contribution in [3.8, 4) is 11.5 Å². The normalized spacial score (nSPS) is 10.2. The van der Waals surface area contributed by atoms with Crippen LogP contribution < -0.4 is 5.32 Å². The Bertz CT molecular complexity index is 513. The van der Waals surface area contributed by atoms with Gasteiger partial charge in [-0.1, -0.05) is 6.07 Å². The fourth-order valence-corrected chi connectivity index (χ4v) is 1.72. The zero-order chi connectivity index (χ0) is 11.5. The number of hydrogen-bond donors (Lipinski definition) is 1. The lowest BCUT2D eigenvalue weighted by Crippen LogP contribution is -1.99. The van der Waals surface area contributed by atoms with Crippen molar-refractivity contribution in [1.82, 2.24) is 15.0 Å². The monoisotopic (exact) mass is 278 g/mol. The van der Waals surface area contributed by atoms with Gasteiger partial charge in [0.1, 0.15) is 11.5 Å². The van der Waals surface area contributed by atoms with Crippen LogP contribution in [0.2, 0.25) is 0 Å². The Morgan fingerprint density at radius 3 is 2.75 bits per heavy atom. The zero-order valence-electron chi connectivity index (χ0n) is 9.03. The first-order chi connectivity index (χ1) is 7.70. The summed E-state index contributed by atoms with van der Waals surface area (Å²) in [7, 11) is 1.82. The molecule has 0 aromatic carbocycles. The molecule has 0 aliphatic heterocycles. The molecular formula is C11H11BrN4. The van der Waals surface area contributed by atoms with Gasteiger partial charge in [0.05, 0.1) is 4.47 Å². The van der Waals surface area contributed by atoms with Crippen molar-refractivity contribution >= 4 is 21.7 Å². The molecule has 5 heteroatoms. The van der Waals surface area contributed by atoms with Crippen LogP contribution in [0.15, 0.2) is 28.9 Å². The van der Waals surface area contributed by atoms with Gasteiger partial charge >= 0.3 is 0 Å². The number of aryl methyl sites for hydroxylation is 1. The Kier molecular flexibility index (Phi) is 3.14. The van der Waals surface area contributed by atoms with Gasteiger partial charge in [0, 0.05) is 18.9 Å². The van der Waals surface area contributed by atoms with E-state index in [4.69, 9.17) is 0 Å². The van der Waals surface area contributed by atoms with Gasteiger partial charge in [0.2, 0.25) is 0 Å². The average Bonchev–Trinajstić information content (AvgIpc) is 2.29. The molecule has 2 aromatic rings. The second-order valence-corrected chi connectivity index (χ2v) is 4.16. The Morgan fingerprint density at radius 1 is 1.25 bits per heavy atom. The lowest BCUT2D eigenvalue weighted by atomic mass is 10.3.